The second-order valence-electron chi connectivity index (χ2n) is 6.99. The van der Waals surface area contributed by atoms with E-state index in [1.54, 1.807) is 13.0 Å². The van der Waals surface area contributed by atoms with Gasteiger partial charge in [0.1, 0.15) is 4.88 Å². The monoisotopic (exact) mass is 415 g/mol. The molecule has 0 radical (unpaired) electrons. The average Bonchev–Trinajstić information content (AvgIpc) is 3.02. The van der Waals surface area contributed by atoms with Gasteiger partial charge in [0.25, 0.3) is 17.0 Å². The number of nitrogens with zero attached hydrogens (tertiary/aromatic N) is 1. The van der Waals surface area contributed by atoms with Gasteiger partial charge in [-0.15, -0.1) is 11.3 Å². The zero-order chi connectivity index (χ0) is 21.1. The summed E-state index contributed by atoms with van der Waals surface area (Å²) in [6, 6.07) is 4.56. The number of aromatic amines is 2. The number of nitrogens with one attached hydrogen (secondary N) is 4. The molecule has 0 aliphatic heterocycles. The summed E-state index contributed by atoms with van der Waals surface area (Å²) in [5, 5.41) is 10.7. The maximum atomic E-state index is 12.4. The van der Waals surface area contributed by atoms with Crippen LogP contribution in [0.15, 0.2) is 27.8 Å². The molecule has 4 N–H and O–H groups in total. The molecule has 0 saturated carbocycles. The van der Waals surface area contributed by atoms with E-state index in [0.29, 0.717) is 16.5 Å². The van der Waals surface area contributed by atoms with Gasteiger partial charge >= 0.3 is 0 Å². The van der Waals surface area contributed by atoms with Crippen molar-refractivity contribution in [2.24, 2.45) is 5.92 Å². The van der Waals surface area contributed by atoms with Gasteiger partial charge in [0.05, 0.1) is 33.7 Å². The van der Waals surface area contributed by atoms with E-state index in [2.05, 4.69) is 39.7 Å². The van der Waals surface area contributed by atoms with Gasteiger partial charge in [-0.05, 0) is 25.0 Å². The third-order valence-electron chi connectivity index (χ3n) is 4.14. The number of anilines is 1. The quantitative estimate of drug-likeness (QED) is 0.484. The normalized spacial score (nSPS) is 11.0. The summed E-state index contributed by atoms with van der Waals surface area (Å²) in [5.41, 5.74) is -0.176. The molecule has 3 aromatic rings. The van der Waals surface area contributed by atoms with E-state index in [4.69, 9.17) is 0 Å². The van der Waals surface area contributed by atoms with Crippen LogP contribution in [0.4, 0.5) is 5.69 Å². The minimum Gasteiger partial charge on any atom is -0.342 e. The number of hydrogen-bond acceptors (Lipinski definition) is 6. The average molecular weight is 415 g/mol. The van der Waals surface area contributed by atoms with Crippen LogP contribution in [0.5, 0.6) is 0 Å². The van der Waals surface area contributed by atoms with E-state index in [0.717, 1.165) is 11.4 Å². The summed E-state index contributed by atoms with van der Waals surface area (Å²) < 4.78 is 0. The number of carbonyl (C=O) groups is 2. The van der Waals surface area contributed by atoms with Gasteiger partial charge in [-0.25, -0.2) is 4.98 Å². The van der Waals surface area contributed by atoms with Gasteiger partial charge in [-0.3, -0.25) is 29.4 Å². The minimum atomic E-state index is -0.530. The molecule has 0 spiro atoms. The molecule has 10 heteroatoms. The molecule has 0 atom stereocenters. The molecular weight excluding hydrogens is 394 g/mol. The third kappa shape index (κ3) is 4.60. The highest BCUT2D eigenvalue weighted by molar-refractivity contribution is 7.13. The van der Waals surface area contributed by atoms with Gasteiger partial charge in [0, 0.05) is 6.42 Å². The summed E-state index contributed by atoms with van der Waals surface area (Å²) in [6.07, 6.45) is 0.786. The van der Waals surface area contributed by atoms with E-state index in [1.165, 1.54) is 23.5 Å². The van der Waals surface area contributed by atoms with Crippen molar-refractivity contribution in [2.75, 3.05) is 11.9 Å². The largest absolute Gasteiger partial charge is 0.342 e. The first-order valence-electron chi connectivity index (χ1n) is 9.04. The highest BCUT2D eigenvalue weighted by Gasteiger charge is 2.17. The van der Waals surface area contributed by atoms with Gasteiger partial charge in [0.2, 0.25) is 5.91 Å². The Bertz CT molecular complexity index is 1190. The van der Waals surface area contributed by atoms with Gasteiger partial charge < -0.3 is 10.6 Å². The summed E-state index contributed by atoms with van der Waals surface area (Å²) in [7, 11) is 0. The minimum absolute atomic E-state index is 0.0764. The molecule has 3 rings (SSSR count). The Kier molecular flexibility index (Phi) is 5.92. The molecule has 9 nitrogen and oxygen atoms in total. The highest BCUT2D eigenvalue weighted by atomic mass is 32.1. The van der Waals surface area contributed by atoms with E-state index in [1.807, 2.05) is 0 Å². The molecule has 0 aliphatic rings. The first-order valence-corrected chi connectivity index (χ1v) is 9.86. The van der Waals surface area contributed by atoms with Crippen molar-refractivity contribution < 1.29 is 9.59 Å². The Morgan fingerprint density at radius 2 is 1.90 bits per heavy atom. The predicted molar refractivity (Wildman–Crippen MR) is 112 cm³/mol. The molecular formula is C19H21N5O4S. The zero-order valence-electron chi connectivity index (χ0n) is 16.2. The lowest BCUT2D eigenvalue weighted by Crippen LogP contribution is -2.33. The molecule has 0 unspecified atom stereocenters. The van der Waals surface area contributed by atoms with Crippen LogP contribution in [0.3, 0.4) is 0 Å². The van der Waals surface area contributed by atoms with Crippen molar-refractivity contribution in [3.8, 4) is 0 Å². The second-order valence-corrected chi connectivity index (χ2v) is 8.07. The van der Waals surface area contributed by atoms with Crippen LogP contribution in [-0.2, 0) is 11.2 Å². The SMILES string of the molecule is Cc1nc(CC(C)C)sc1C(=O)NCC(=O)Nc1cccc2c(=O)[nH][nH]c(=O)c12. The van der Waals surface area contributed by atoms with E-state index < -0.39 is 17.0 Å². The Hall–Kier alpha value is -3.27. The zero-order valence-corrected chi connectivity index (χ0v) is 17.0. The number of aromatic nitrogens is 3. The number of thiazole rings is 1. The molecule has 2 aromatic heterocycles. The topological polar surface area (TPSA) is 137 Å². The molecule has 29 heavy (non-hydrogen) atoms. The third-order valence-corrected chi connectivity index (χ3v) is 5.32. The summed E-state index contributed by atoms with van der Waals surface area (Å²) in [5.74, 6) is -0.467. The van der Waals surface area contributed by atoms with Crippen molar-refractivity contribution in [2.45, 2.75) is 27.2 Å². The van der Waals surface area contributed by atoms with E-state index >= 15 is 0 Å². The molecule has 152 valence electrons. The maximum Gasteiger partial charge on any atom is 0.272 e. The number of amides is 2. The fourth-order valence-corrected chi connectivity index (χ4v) is 4.06. The number of carbonyl (C=O) groups excluding carboxylic acids is 2. The van der Waals surface area contributed by atoms with Gasteiger partial charge in [-0.1, -0.05) is 19.9 Å². The Morgan fingerprint density at radius 3 is 2.62 bits per heavy atom. The number of rotatable bonds is 6. The van der Waals surface area contributed by atoms with Crippen LogP contribution in [0.1, 0.15) is 34.2 Å². The summed E-state index contributed by atoms with van der Waals surface area (Å²) >= 11 is 1.32. The first kappa shape index (κ1) is 20.5. The highest BCUT2D eigenvalue weighted by Crippen LogP contribution is 2.21. The van der Waals surface area contributed by atoms with Crippen LogP contribution >= 0.6 is 11.3 Å². The number of aryl methyl sites for hydroxylation is 1. The van der Waals surface area contributed by atoms with E-state index in [-0.39, 0.29) is 28.9 Å². The van der Waals surface area contributed by atoms with Gasteiger partial charge in [-0.2, -0.15) is 0 Å². The standard InChI is InChI=1S/C19H21N5O4S/c1-9(2)7-14-21-10(3)16(29-14)19(28)20-8-13(25)22-12-6-4-5-11-15(12)18(27)24-23-17(11)26/h4-6,9H,7-8H2,1-3H3,(H,20,28)(H,22,25)(H,23,26)(H,24,27). The molecule has 2 heterocycles. The van der Waals surface area contributed by atoms with Gasteiger partial charge in [0.15, 0.2) is 0 Å². The van der Waals surface area contributed by atoms with Crippen LogP contribution in [0.2, 0.25) is 0 Å². The fourth-order valence-electron chi connectivity index (χ4n) is 2.87. The molecule has 0 bridgehead atoms. The predicted octanol–water partition coefficient (Wildman–Crippen LogP) is 1.55. The molecule has 1 aromatic carbocycles. The fraction of sp³-hybridized carbons (Fsp3) is 0.316. The Morgan fingerprint density at radius 1 is 1.17 bits per heavy atom. The Labute approximate surface area is 169 Å². The molecule has 0 saturated heterocycles. The van der Waals surface area contributed by atoms with Crippen LogP contribution < -0.4 is 21.8 Å². The smallest absolute Gasteiger partial charge is 0.272 e. The number of benzene rings is 1. The van der Waals surface area contributed by atoms with Crippen LogP contribution in [0.25, 0.3) is 10.8 Å². The van der Waals surface area contributed by atoms with Crippen molar-refractivity contribution in [3.05, 3.63) is 54.5 Å². The Balaban J connectivity index is 1.70. The van der Waals surface area contributed by atoms with Crippen LogP contribution in [0, 0.1) is 12.8 Å². The number of fused-ring (bicyclic) bond motifs is 1. The molecule has 0 fully saturated rings. The molecule has 2 amide bonds. The van der Waals surface area contributed by atoms with Crippen molar-refractivity contribution in [1.82, 2.24) is 20.5 Å². The van der Waals surface area contributed by atoms with Crippen molar-refractivity contribution in [3.63, 3.8) is 0 Å². The summed E-state index contributed by atoms with van der Waals surface area (Å²) in [6.45, 7) is 5.63. The van der Waals surface area contributed by atoms with Crippen LogP contribution in [-0.4, -0.2) is 33.5 Å². The van der Waals surface area contributed by atoms with Crippen molar-refractivity contribution in [1.29, 1.82) is 0 Å². The first-order chi connectivity index (χ1) is 13.8. The maximum absolute atomic E-state index is 12.4. The lowest BCUT2D eigenvalue weighted by atomic mass is 10.1. The van der Waals surface area contributed by atoms with E-state index in [9.17, 15) is 19.2 Å². The number of hydrogen-bond donors (Lipinski definition) is 4. The number of H-pyrrole nitrogens is 2. The lowest BCUT2D eigenvalue weighted by molar-refractivity contribution is -0.115. The molecule has 0 aliphatic carbocycles. The lowest BCUT2D eigenvalue weighted by Gasteiger charge is -2.08. The summed E-state index contributed by atoms with van der Waals surface area (Å²) in [4.78, 5) is 53.5. The van der Waals surface area contributed by atoms with Crippen molar-refractivity contribution >= 4 is 39.6 Å². The second kappa shape index (κ2) is 8.39.